The van der Waals surface area contributed by atoms with Crippen molar-refractivity contribution in [1.29, 1.82) is 0 Å². The monoisotopic (exact) mass is 359 g/mol. The first kappa shape index (κ1) is 16.8. The molecule has 0 aliphatic carbocycles. The maximum Gasteiger partial charge on any atom is 0.322 e. The molecule has 9 nitrogen and oxygen atoms in total. The number of thiazole rings is 1. The van der Waals surface area contributed by atoms with Gasteiger partial charge in [0.15, 0.2) is 5.82 Å². The lowest BCUT2D eigenvalue weighted by Crippen LogP contribution is -2.27. The van der Waals surface area contributed by atoms with Crippen LogP contribution in [0.25, 0.3) is 10.2 Å². The summed E-state index contributed by atoms with van der Waals surface area (Å²) >= 11 is 1.57. The van der Waals surface area contributed by atoms with Gasteiger partial charge >= 0.3 is 6.03 Å². The summed E-state index contributed by atoms with van der Waals surface area (Å²) < 4.78 is 1.01. The van der Waals surface area contributed by atoms with Crippen LogP contribution in [0.3, 0.4) is 0 Å². The summed E-state index contributed by atoms with van der Waals surface area (Å²) in [6.07, 6.45) is 1.39. The van der Waals surface area contributed by atoms with Crippen LogP contribution in [0.15, 0.2) is 24.4 Å². The number of urea groups is 1. The second-order valence-electron chi connectivity index (χ2n) is 5.55. The Labute approximate surface area is 147 Å². The number of carbonyl (C=O) groups is 2. The number of hydrogen-bond donors (Lipinski definition) is 2. The van der Waals surface area contributed by atoms with Crippen LogP contribution in [0, 0.1) is 6.92 Å². The second kappa shape index (κ2) is 6.85. The number of aryl methyl sites for hydroxylation is 1. The third-order valence-electron chi connectivity index (χ3n) is 3.24. The van der Waals surface area contributed by atoms with Crippen LogP contribution >= 0.6 is 11.3 Å². The maximum absolute atomic E-state index is 12.1. The number of anilines is 2. The molecule has 0 bridgehead atoms. The molecule has 10 heteroatoms. The Kier molecular flexibility index (Phi) is 4.61. The van der Waals surface area contributed by atoms with E-state index in [9.17, 15) is 9.59 Å². The fourth-order valence-electron chi connectivity index (χ4n) is 2.10. The van der Waals surface area contributed by atoms with E-state index in [0.29, 0.717) is 5.69 Å². The molecule has 1 aromatic carbocycles. The first-order valence-electron chi connectivity index (χ1n) is 7.46. The van der Waals surface area contributed by atoms with Crippen LogP contribution < -0.4 is 10.6 Å². The van der Waals surface area contributed by atoms with E-state index in [-0.39, 0.29) is 24.3 Å². The van der Waals surface area contributed by atoms with Crippen molar-refractivity contribution in [3.8, 4) is 0 Å². The van der Waals surface area contributed by atoms with Crippen LogP contribution in [0.1, 0.15) is 5.01 Å². The summed E-state index contributed by atoms with van der Waals surface area (Å²) in [4.78, 5) is 30.7. The van der Waals surface area contributed by atoms with Gasteiger partial charge in [0.2, 0.25) is 5.91 Å². The Hall–Kier alpha value is -3.01. The molecule has 2 N–H and O–H groups in total. The SMILES string of the molecule is Cc1nc2ccc(NC(=O)Cn3ncc(NC(=O)N(C)C)n3)cc2s1. The molecule has 2 heterocycles. The topological polar surface area (TPSA) is 105 Å². The fraction of sp³-hybridized carbons (Fsp3) is 0.267. The largest absolute Gasteiger partial charge is 0.331 e. The Morgan fingerprint density at radius 1 is 1.28 bits per heavy atom. The highest BCUT2D eigenvalue weighted by atomic mass is 32.1. The van der Waals surface area contributed by atoms with Gasteiger partial charge in [0.05, 0.1) is 21.4 Å². The van der Waals surface area contributed by atoms with Gasteiger partial charge in [-0.25, -0.2) is 9.78 Å². The number of nitrogens with one attached hydrogen (secondary N) is 2. The lowest BCUT2D eigenvalue weighted by atomic mass is 10.3. The van der Waals surface area contributed by atoms with Gasteiger partial charge in [0.1, 0.15) is 6.54 Å². The number of fused-ring (bicyclic) bond motifs is 1. The lowest BCUT2D eigenvalue weighted by Gasteiger charge is -2.09. The summed E-state index contributed by atoms with van der Waals surface area (Å²) in [7, 11) is 3.24. The van der Waals surface area contributed by atoms with Crippen LogP contribution in [0.4, 0.5) is 16.3 Å². The first-order valence-corrected chi connectivity index (χ1v) is 8.28. The van der Waals surface area contributed by atoms with E-state index >= 15 is 0 Å². The lowest BCUT2D eigenvalue weighted by molar-refractivity contribution is -0.117. The van der Waals surface area contributed by atoms with E-state index in [1.807, 2.05) is 19.1 Å². The Bertz CT molecular complexity index is 931. The molecule has 0 fully saturated rings. The van der Waals surface area contributed by atoms with E-state index < -0.39 is 0 Å². The summed E-state index contributed by atoms with van der Waals surface area (Å²) in [6, 6.07) is 5.25. The van der Waals surface area contributed by atoms with E-state index in [4.69, 9.17) is 0 Å². The van der Waals surface area contributed by atoms with Gasteiger partial charge in [-0.3, -0.25) is 10.1 Å². The van der Waals surface area contributed by atoms with Gasteiger partial charge in [-0.05, 0) is 25.1 Å². The molecule has 3 aromatic rings. The summed E-state index contributed by atoms with van der Waals surface area (Å²) in [5.74, 6) is 0.0229. The summed E-state index contributed by atoms with van der Waals surface area (Å²) in [5, 5.41) is 14.4. The average molecular weight is 359 g/mol. The van der Waals surface area contributed by atoms with Crippen molar-refractivity contribution in [1.82, 2.24) is 24.9 Å². The van der Waals surface area contributed by atoms with Crippen molar-refractivity contribution in [3.63, 3.8) is 0 Å². The number of benzene rings is 1. The minimum atomic E-state index is -0.315. The molecular weight excluding hydrogens is 342 g/mol. The van der Waals surface area contributed by atoms with E-state index in [1.54, 1.807) is 31.5 Å². The predicted molar refractivity (Wildman–Crippen MR) is 95.7 cm³/mol. The quantitative estimate of drug-likeness (QED) is 0.740. The number of amides is 3. The van der Waals surface area contributed by atoms with Crippen molar-refractivity contribution in [2.45, 2.75) is 13.5 Å². The van der Waals surface area contributed by atoms with E-state index in [2.05, 4.69) is 25.8 Å². The van der Waals surface area contributed by atoms with Gasteiger partial charge in [0, 0.05) is 19.8 Å². The Balaban J connectivity index is 1.61. The zero-order valence-corrected chi connectivity index (χ0v) is 14.8. The third-order valence-corrected chi connectivity index (χ3v) is 4.18. The van der Waals surface area contributed by atoms with Crippen molar-refractivity contribution in [2.75, 3.05) is 24.7 Å². The molecule has 130 valence electrons. The van der Waals surface area contributed by atoms with Crippen LogP contribution in [0.2, 0.25) is 0 Å². The smallest absolute Gasteiger partial charge is 0.322 e. The van der Waals surface area contributed by atoms with Crippen molar-refractivity contribution in [3.05, 3.63) is 29.4 Å². The van der Waals surface area contributed by atoms with Crippen LogP contribution in [-0.4, -0.2) is 50.9 Å². The molecule has 0 atom stereocenters. The highest BCUT2D eigenvalue weighted by Crippen LogP contribution is 2.24. The molecule has 0 radical (unpaired) electrons. The number of rotatable bonds is 4. The van der Waals surface area contributed by atoms with Gasteiger partial charge < -0.3 is 10.2 Å². The average Bonchev–Trinajstić information content (AvgIpc) is 3.11. The molecule has 0 aliphatic rings. The van der Waals surface area contributed by atoms with E-state index in [1.165, 1.54) is 15.9 Å². The Morgan fingerprint density at radius 2 is 2.08 bits per heavy atom. The molecular formula is C15H17N7O2S. The molecule has 3 rings (SSSR count). The van der Waals surface area contributed by atoms with Crippen molar-refractivity contribution >= 4 is 45.0 Å². The fourth-order valence-corrected chi connectivity index (χ4v) is 2.97. The molecule has 25 heavy (non-hydrogen) atoms. The number of carbonyl (C=O) groups excluding carboxylic acids is 2. The zero-order chi connectivity index (χ0) is 18.0. The van der Waals surface area contributed by atoms with Gasteiger partial charge in [-0.1, -0.05) is 0 Å². The zero-order valence-electron chi connectivity index (χ0n) is 14.0. The maximum atomic E-state index is 12.1. The number of hydrogen-bond acceptors (Lipinski definition) is 6. The molecule has 0 saturated carbocycles. The molecule has 0 aliphatic heterocycles. The molecule has 0 saturated heterocycles. The van der Waals surface area contributed by atoms with Gasteiger partial charge in [0.25, 0.3) is 0 Å². The minimum Gasteiger partial charge on any atom is -0.331 e. The molecule has 3 amide bonds. The van der Waals surface area contributed by atoms with Crippen LogP contribution in [-0.2, 0) is 11.3 Å². The minimum absolute atomic E-state index is 0.0579. The van der Waals surface area contributed by atoms with Gasteiger partial charge in [-0.2, -0.15) is 9.90 Å². The van der Waals surface area contributed by atoms with E-state index in [0.717, 1.165) is 15.2 Å². The summed E-state index contributed by atoms with van der Waals surface area (Å²) in [6.45, 7) is 1.89. The number of aromatic nitrogens is 4. The predicted octanol–water partition coefficient (Wildman–Crippen LogP) is 1.93. The molecule has 0 spiro atoms. The highest BCUT2D eigenvalue weighted by molar-refractivity contribution is 7.18. The first-order chi connectivity index (χ1) is 11.9. The highest BCUT2D eigenvalue weighted by Gasteiger charge is 2.10. The molecule has 0 unspecified atom stereocenters. The number of nitrogens with zero attached hydrogens (tertiary/aromatic N) is 5. The molecule has 2 aromatic heterocycles. The normalized spacial score (nSPS) is 10.7. The van der Waals surface area contributed by atoms with Crippen molar-refractivity contribution < 1.29 is 9.59 Å². The third kappa shape index (κ3) is 4.10. The Morgan fingerprint density at radius 3 is 2.84 bits per heavy atom. The van der Waals surface area contributed by atoms with Gasteiger partial charge in [-0.15, -0.1) is 16.4 Å². The second-order valence-corrected chi connectivity index (χ2v) is 6.78. The summed E-state index contributed by atoms with van der Waals surface area (Å²) in [5.41, 5.74) is 1.60. The standard InChI is InChI=1S/C15H17N7O2S/c1-9-17-11-5-4-10(6-12(11)25-9)18-14(23)8-22-16-7-13(20-22)19-15(24)21(2)3/h4-7H,8H2,1-3H3,(H,18,23)(H,19,20,24). The van der Waals surface area contributed by atoms with Crippen molar-refractivity contribution in [2.24, 2.45) is 0 Å². The van der Waals surface area contributed by atoms with Crippen LogP contribution in [0.5, 0.6) is 0 Å².